The Morgan fingerprint density at radius 3 is 2.50 bits per heavy atom. The number of hydrogen-bond acceptors (Lipinski definition) is 3. The molecule has 0 bridgehead atoms. The molecule has 1 aliphatic carbocycles. The van der Waals surface area contributed by atoms with Crippen molar-refractivity contribution in [2.24, 2.45) is 5.73 Å². The lowest BCUT2D eigenvalue weighted by atomic mass is 10.0. The lowest BCUT2D eigenvalue weighted by Crippen LogP contribution is -2.42. The van der Waals surface area contributed by atoms with E-state index in [1.165, 1.54) is 12.8 Å². The summed E-state index contributed by atoms with van der Waals surface area (Å²) in [7, 11) is 0. The van der Waals surface area contributed by atoms with Gasteiger partial charge in [0.25, 0.3) is 0 Å². The van der Waals surface area contributed by atoms with Gasteiger partial charge in [-0.1, -0.05) is 37.1 Å². The van der Waals surface area contributed by atoms with Crippen LogP contribution < -0.4 is 10.5 Å². The number of fused-ring (bicyclic) bond motifs is 1. The molecule has 0 saturated heterocycles. The Labute approximate surface area is 119 Å². The maximum absolute atomic E-state index is 9.16. The third-order valence-electron chi connectivity index (χ3n) is 4.12. The van der Waals surface area contributed by atoms with E-state index in [-0.39, 0.29) is 5.54 Å². The van der Waals surface area contributed by atoms with E-state index in [1.807, 2.05) is 36.4 Å². The van der Waals surface area contributed by atoms with E-state index in [2.05, 4.69) is 6.07 Å². The average Bonchev–Trinajstić information content (AvgIpc) is 2.92. The molecule has 0 atom stereocenters. The molecule has 3 heteroatoms. The maximum atomic E-state index is 9.16. The number of benzene rings is 2. The van der Waals surface area contributed by atoms with Crippen LogP contribution in [0.25, 0.3) is 10.8 Å². The largest absolute Gasteiger partial charge is 0.491 e. The van der Waals surface area contributed by atoms with Crippen molar-refractivity contribution in [3.63, 3.8) is 0 Å². The molecule has 3 rings (SSSR count). The molecular formula is C17H18N2O. The molecule has 0 spiro atoms. The summed E-state index contributed by atoms with van der Waals surface area (Å²) in [6.07, 6.45) is 4.43. The molecule has 102 valence electrons. The molecule has 0 amide bonds. The van der Waals surface area contributed by atoms with Gasteiger partial charge >= 0.3 is 0 Å². The summed E-state index contributed by atoms with van der Waals surface area (Å²) in [5.41, 5.74) is 6.82. The van der Waals surface area contributed by atoms with E-state index in [0.29, 0.717) is 12.2 Å². The van der Waals surface area contributed by atoms with E-state index < -0.39 is 0 Å². The SMILES string of the molecule is N#Cc1ccc(OCC2(N)CCCC2)c2ccccc12. The minimum Gasteiger partial charge on any atom is -0.491 e. The highest BCUT2D eigenvalue weighted by Crippen LogP contribution is 2.31. The lowest BCUT2D eigenvalue weighted by Gasteiger charge is -2.24. The molecule has 1 fully saturated rings. The fourth-order valence-corrected chi connectivity index (χ4v) is 2.94. The zero-order valence-electron chi connectivity index (χ0n) is 11.4. The third-order valence-corrected chi connectivity index (χ3v) is 4.12. The second-order valence-corrected chi connectivity index (χ2v) is 5.63. The summed E-state index contributed by atoms with van der Waals surface area (Å²) in [6, 6.07) is 13.8. The second-order valence-electron chi connectivity index (χ2n) is 5.63. The normalized spacial score (nSPS) is 17.0. The molecule has 0 aliphatic heterocycles. The van der Waals surface area contributed by atoms with Gasteiger partial charge < -0.3 is 10.5 Å². The fourth-order valence-electron chi connectivity index (χ4n) is 2.94. The van der Waals surface area contributed by atoms with Gasteiger partial charge in [-0.05, 0) is 25.0 Å². The van der Waals surface area contributed by atoms with Crippen LogP contribution in [-0.2, 0) is 0 Å². The van der Waals surface area contributed by atoms with Crippen LogP contribution in [0.3, 0.4) is 0 Å². The molecule has 20 heavy (non-hydrogen) atoms. The Balaban J connectivity index is 1.91. The van der Waals surface area contributed by atoms with Crippen LogP contribution in [-0.4, -0.2) is 12.1 Å². The summed E-state index contributed by atoms with van der Waals surface area (Å²) < 4.78 is 5.97. The first kappa shape index (κ1) is 13.0. The first-order chi connectivity index (χ1) is 9.72. The molecule has 0 heterocycles. The van der Waals surface area contributed by atoms with Crippen LogP contribution >= 0.6 is 0 Å². The van der Waals surface area contributed by atoms with Crippen molar-refractivity contribution >= 4 is 10.8 Å². The monoisotopic (exact) mass is 266 g/mol. The molecule has 3 nitrogen and oxygen atoms in total. The van der Waals surface area contributed by atoms with Crippen molar-refractivity contribution < 1.29 is 4.74 Å². The molecule has 1 saturated carbocycles. The van der Waals surface area contributed by atoms with Gasteiger partial charge in [0, 0.05) is 10.8 Å². The van der Waals surface area contributed by atoms with Crippen molar-refractivity contribution in [3.8, 4) is 11.8 Å². The van der Waals surface area contributed by atoms with E-state index in [4.69, 9.17) is 15.7 Å². The predicted octanol–water partition coefficient (Wildman–Crippen LogP) is 3.36. The van der Waals surface area contributed by atoms with Crippen LogP contribution in [0.4, 0.5) is 0 Å². The Morgan fingerprint density at radius 1 is 1.10 bits per heavy atom. The standard InChI is InChI=1S/C17H18N2O/c18-11-13-7-8-16(15-6-2-1-5-14(13)15)20-12-17(19)9-3-4-10-17/h1-2,5-8H,3-4,9-10,12,19H2. The second kappa shape index (κ2) is 5.15. The van der Waals surface area contributed by atoms with Gasteiger partial charge in [0.05, 0.1) is 17.2 Å². The minimum absolute atomic E-state index is 0.186. The zero-order valence-corrected chi connectivity index (χ0v) is 11.4. The molecular weight excluding hydrogens is 248 g/mol. The van der Waals surface area contributed by atoms with Crippen LogP contribution in [0.1, 0.15) is 31.2 Å². The molecule has 2 N–H and O–H groups in total. The highest BCUT2D eigenvalue weighted by molar-refractivity contribution is 5.92. The third kappa shape index (κ3) is 2.35. The van der Waals surface area contributed by atoms with Gasteiger partial charge in [-0.3, -0.25) is 0 Å². The van der Waals surface area contributed by atoms with Crippen molar-refractivity contribution in [3.05, 3.63) is 42.0 Å². The van der Waals surface area contributed by atoms with Gasteiger partial charge in [-0.15, -0.1) is 0 Å². The number of nitrogens with two attached hydrogens (primary N) is 1. The molecule has 0 unspecified atom stereocenters. The average molecular weight is 266 g/mol. The van der Waals surface area contributed by atoms with E-state index in [1.54, 1.807) is 0 Å². The van der Waals surface area contributed by atoms with Crippen LogP contribution in [0.15, 0.2) is 36.4 Å². The quantitative estimate of drug-likeness (QED) is 0.926. The van der Waals surface area contributed by atoms with Crippen molar-refractivity contribution in [1.29, 1.82) is 5.26 Å². The topological polar surface area (TPSA) is 59.0 Å². The highest BCUT2D eigenvalue weighted by Gasteiger charge is 2.30. The lowest BCUT2D eigenvalue weighted by molar-refractivity contribution is 0.222. The van der Waals surface area contributed by atoms with E-state index in [0.717, 1.165) is 29.4 Å². The van der Waals surface area contributed by atoms with Crippen molar-refractivity contribution in [2.45, 2.75) is 31.2 Å². The number of ether oxygens (including phenoxy) is 1. The van der Waals surface area contributed by atoms with Crippen molar-refractivity contribution in [2.75, 3.05) is 6.61 Å². The van der Waals surface area contributed by atoms with Gasteiger partial charge in [0.1, 0.15) is 12.4 Å². The first-order valence-electron chi connectivity index (χ1n) is 7.05. The van der Waals surface area contributed by atoms with Gasteiger partial charge in [-0.2, -0.15) is 5.26 Å². The predicted molar refractivity (Wildman–Crippen MR) is 79.5 cm³/mol. The summed E-state index contributed by atoms with van der Waals surface area (Å²) >= 11 is 0. The number of rotatable bonds is 3. The summed E-state index contributed by atoms with van der Waals surface area (Å²) in [4.78, 5) is 0. The number of hydrogen-bond donors (Lipinski definition) is 1. The van der Waals surface area contributed by atoms with Crippen LogP contribution in [0.5, 0.6) is 5.75 Å². The summed E-state index contributed by atoms with van der Waals surface area (Å²) in [5, 5.41) is 11.1. The van der Waals surface area contributed by atoms with Crippen LogP contribution in [0, 0.1) is 11.3 Å². The molecule has 2 aromatic carbocycles. The first-order valence-corrected chi connectivity index (χ1v) is 7.05. The Hall–Kier alpha value is -2.05. The number of nitrogens with zero attached hydrogens (tertiary/aromatic N) is 1. The zero-order chi connectivity index (χ0) is 14.0. The smallest absolute Gasteiger partial charge is 0.127 e. The van der Waals surface area contributed by atoms with Crippen LogP contribution in [0.2, 0.25) is 0 Å². The summed E-state index contributed by atoms with van der Waals surface area (Å²) in [5.74, 6) is 0.816. The van der Waals surface area contributed by atoms with Gasteiger partial charge in [-0.25, -0.2) is 0 Å². The Morgan fingerprint density at radius 2 is 1.80 bits per heavy atom. The van der Waals surface area contributed by atoms with Gasteiger partial charge in [0.15, 0.2) is 0 Å². The van der Waals surface area contributed by atoms with Gasteiger partial charge in [0.2, 0.25) is 0 Å². The van der Waals surface area contributed by atoms with E-state index in [9.17, 15) is 0 Å². The Bertz CT molecular complexity index is 666. The molecule has 0 aromatic heterocycles. The molecule has 1 aliphatic rings. The Kier molecular flexibility index (Phi) is 3.33. The van der Waals surface area contributed by atoms with E-state index >= 15 is 0 Å². The highest BCUT2D eigenvalue weighted by atomic mass is 16.5. The fraction of sp³-hybridized carbons (Fsp3) is 0.353. The molecule has 0 radical (unpaired) electrons. The molecule has 2 aromatic rings. The minimum atomic E-state index is -0.186. The maximum Gasteiger partial charge on any atom is 0.127 e. The summed E-state index contributed by atoms with van der Waals surface area (Å²) in [6.45, 7) is 0.545. The van der Waals surface area contributed by atoms with Crippen molar-refractivity contribution in [1.82, 2.24) is 0 Å². The number of nitriles is 1.